The molecule has 0 bridgehead atoms. The molecule has 2 heteroatoms. The SMILES string of the molecule is CCCOc1ccc(C(NCC)C(C)(C)C)cc1. The fraction of sp³-hybridized carbons (Fsp3) is 0.625. The van der Waals surface area contributed by atoms with Gasteiger partial charge in [0.2, 0.25) is 0 Å². The minimum Gasteiger partial charge on any atom is -0.494 e. The lowest BCUT2D eigenvalue weighted by Crippen LogP contribution is -2.32. The van der Waals surface area contributed by atoms with Crippen molar-refractivity contribution in [2.45, 2.75) is 47.1 Å². The molecule has 18 heavy (non-hydrogen) atoms. The van der Waals surface area contributed by atoms with Crippen molar-refractivity contribution in [2.75, 3.05) is 13.2 Å². The molecular weight excluding hydrogens is 222 g/mol. The Kier molecular flexibility index (Phi) is 5.67. The van der Waals surface area contributed by atoms with E-state index >= 15 is 0 Å². The Morgan fingerprint density at radius 3 is 2.17 bits per heavy atom. The normalized spacial score (nSPS) is 13.4. The zero-order valence-electron chi connectivity index (χ0n) is 12.4. The largest absolute Gasteiger partial charge is 0.494 e. The number of ether oxygens (including phenoxy) is 1. The van der Waals surface area contributed by atoms with Gasteiger partial charge in [-0.15, -0.1) is 0 Å². The first-order valence-electron chi connectivity index (χ1n) is 6.95. The molecule has 2 nitrogen and oxygen atoms in total. The molecule has 1 rings (SSSR count). The summed E-state index contributed by atoms with van der Waals surface area (Å²) in [5.74, 6) is 0.963. The van der Waals surface area contributed by atoms with E-state index in [0.717, 1.165) is 25.3 Å². The van der Waals surface area contributed by atoms with E-state index in [2.05, 4.69) is 64.2 Å². The second-order valence-electron chi connectivity index (χ2n) is 5.77. The van der Waals surface area contributed by atoms with E-state index in [1.165, 1.54) is 5.56 Å². The highest BCUT2D eigenvalue weighted by molar-refractivity contribution is 5.30. The summed E-state index contributed by atoms with van der Waals surface area (Å²) in [6, 6.07) is 8.86. The summed E-state index contributed by atoms with van der Waals surface area (Å²) in [6.07, 6.45) is 1.05. The summed E-state index contributed by atoms with van der Waals surface area (Å²) < 4.78 is 5.62. The molecule has 1 N–H and O–H groups in total. The van der Waals surface area contributed by atoms with Gasteiger partial charge in [0.1, 0.15) is 5.75 Å². The highest BCUT2D eigenvalue weighted by Crippen LogP contribution is 2.33. The van der Waals surface area contributed by atoms with Crippen molar-refractivity contribution in [3.63, 3.8) is 0 Å². The van der Waals surface area contributed by atoms with Crippen LogP contribution in [0.1, 0.15) is 52.6 Å². The predicted molar refractivity (Wildman–Crippen MR) is 78.1 cm³/mol. The van der Waals surface area contributed by atoms with E-state index in [1.807, 2.05) is 0 Å². The van der Waals surface area contributed by atoms with Crippen LogP contribution in [0, 0.1) is 5.41 Å². The molecule has 1 aromatic rings. The van der Waals surface area contributed by atoms with Gasteiger partial charge in [0, 0.05) is 6.04 Å². The van der Waals surface area contributed by atoms with Crippen LogP contribution >= 0.6 is 0 Å². The van der Waals surface area contributed by atoms with Crippen LogP contribution in [-0.2, 0) is 0 Å². The Hall–Kier alpha value is -1.02. The predicted octanol–water partition coefficient (Wildman–Crippen LogP) is 4.17. The summed E-state index contributed by atoms with van der Waals surface area (Å²) >= 11 is 0. The number of hydrogen-bond acceptors (Lipinski definition) is 2. The van der Waals surface area contributed by atoms with Crippen LogP contribution < -0.4 is 10.1 Å². The van der Waals surface area contributed by atoms with E-state index in [4.69, 9.17) is 4.74 Å². The van der Waals surface area contributed by atoms with Crippen LogP contribution in [0.3, 0.4) is 0 Å². The zero-order chi connectivity index (χ0) is 13.6. The lowest BCUT2D eigenvalue weighted by Gasteiger charge is -2.32. The lowest BCUT2D eigenvalue weighted by atomic mass is 9.82. The first-order valence-corrected chi connectivity index (χ1v) is 6.95. The molecule has 0 aromatic heterocycles. The molecule has 1 atom stereocenters. The molecule has 0 amide bonds. The molecule has 0 aliphatic carbocycles. The van der Waals surface area contributed by atoms with E-state index in [-0.39, 0.29) is 5.41 Å². The van der Waals surface area contributed by atoms with Crippen LogP contribution in [0.4, 0.5) is 0 Å². The Morgan fingerprint density at radius 2 is 1.72 bits per heavy atom. The standard InChI is InChI=1S/C16H27NO/c1-6-12-18-14-10-8-13(9-11-14)15(17-7-2)16(3,4)5/h8-11,15,17H,6-7,12H2,1-5H3. The van der Waals surface area contributed by atoms with Gasteiger partial charge in [-0.3, -0.25) is 0 Å². The van der Waals surface area contributed by atoms with Crippen molar-refractivity contribution in [1.29, 1.82) is 0 Å². The molecule has 0 saturated carbocycles. The number of rotatable bonds is 6. The maximum Gasteiger partial charge on any atom is 0.119 e. The van der Waals surface area contributed by atoms with Crippen LogP contribution in [0.25, 0.3) is 0 Å². The van der Waals surface area contributed by atoms with Crippen LogP contribution in [0.5, 0.6) is 5.75 Å². The van der Waals surface area contributed by atoms with Gasteiger partial charge in [0.05, 0.1) is 6.61 Å². The van der Waals surface area contributed by atoms with Gasteiger partial charge in [-0.05, 0) is 36.1 Å². The second kappa shape index (κ2) is 6.79. The molecule has 0 saturated heterocycles. The highest BCUT2D eigenvalue weighted by Gasteiger charge is 2.25. The molecule has 102 valence electrons. The van der Waals surface area contributed by atoms with Crippen molar-refractivity contribution in [3.05, 3.63) is 29.8 Å². The first kappa shape index (κ1) is 15.0. The maximum atomic E-state index is 5.62. The van der Waals surface area contributed by atoms with E-state index in [9.17, 15) is 0 Å². The maximum absolute atomic E-state index is 5.62. The molecule has 0 spiro atoms. The average molecular weight is 249 g/mol. The van der Waals surface area contributed by atoms with Crippen molar-refractivity contribution in [2.24, 2.45) is 5.41 Å². The highest BCUT2D eigenvalue weighted by atomic mass is 16.5. The molecule has 0 heterocycles. The summed E-state index contributed by atoms with van der Waals surface area (Å²) in [5, 5.41) is 3.56. The van der Waals surface area contributed by atoms with Crippen LogP contribution in [0.15, 0.2) is 24.3 Å². The van der Waals surface area contributed by atoms with E-state index < -0.39 is 0 Å². The monoisotopic (exact) mass is 249 g/mol. The molecule has 0 aliphatic rings. The minimum absolute atomic E-state index is 0.210. The van der Waals surface area contributed by atoms with Gasteiger partial charge in [0.15, 0.2) is 0 Å². The summed E-state index contributed by atoms with van der Waals surface area (Å²) in [6.45, 7) is 12.8. The fourth-order valence-electron chi connectivity index (χ4n) is 2.10. The molecule has 0 radical (unpaired) electrons. The molecular formula is C16H27NO. The quantitative estimate of drug-likeness (QED) is 0.817. The molecule has 1 aromatic carbocycles. The number of nitrogens with one attached hydrogen (secondary N) is 1. The average Bonchev–Trinajstić information content (AvgIpc) is 2.33. The third-order valence-corrected chi connectivity index (χ3v) is 2.96. The topological polar surface area (TPSA) is 21.3 Å². The molecule has 0 fully saturated rings. The zero-order valence-corrected chi connectivity index (χ0v) is 12.4. The minimum atomic E-state index is 0.210. The fourth-order valence-corrected chi connectivity index (χ4v) is 2.10. The Labute approximate surface area is 112 Å². The van der Waals surface area contributed by atoms with Crippen LogP contribution in [0.2, 0.25) is 0 Å². The van der Waals surface area contributed by atoms with Gasteiger partial charge in [-0.2, -0.15) is 0 Å². The Bertz CT molecular complexity index is 337. The molecule has 0 aliphatic heterocycles. The molecule has 1 unspecified atom stereocenters. The van der Waals surface area contributed by atoms with Gasteiger partial charge >= 0.3 is 0 Å². The number of hydrogen-bond donors (Lipinski definition) is 1. The Balaban J connectivity index is 2.80. The lowest BCUT2D eigenvalue weighted by molar-refractivity contribution is 0.276. The Morgan fingerprint density at radius 1 is 1.11 bits per heavy atom. The third kappa shape index (κ3) is 4.34. The second-order valence-corrected chi connectivity index (χ2v) is 5.77. The van der Waals surface area contributed by atoms with Crippen molar-refractivity contribution in [1.82, 2.24) is 5.32 Å². The van der Waals surface area contributed by atoms with Crippen molar-refractivity contribution in [3.8, 4) is 5.75 Å². The number of benzene rings is 1. The van der Waals surface area contributed by atoms with Crippen molar-refractivity contribution < 1.29 is 4.74 Å². The summed E-state index contributed by atoms with van der Waals surface area (Å²) in [7, 11) is 0. The van der Waals surface area contributed by atoms with Gasteiger partial charge in [-0.25, -0.2) is 0 Å². The van der Waals surface area contributed by atoms with Gasteiger partial charge in [0.25, 0.3) is 0 Å². The smallest absolute Gasteiger partial charge is 0.119 e. The summed E-state index contributed by atoms with van der Waals surface area (Å²) in [5.41, 5.74) is 1.54. The van der Waals surface area contributed by atoms with E-state index in [0.29, 0.717) is 6.04 Å². The first-order chi connectivity index (χ1) is 8.49. The van der Waals surface area contributed by atoms with Gasteiger partial charge in [-0.1, -0.05) is 46.8 Å². The van der Waals surface area contributed by atoms with Gasteiger partial charge < -0.3 is 10.1 Å². The summed E-state index contributed by atoms with van der Waals surface area (Å²) in [4.78, 5) is 0. The third-order valence-electron chi connectivity index (χ3n) is 2.96. The van der Waals surface area contributed by atoms with E-state index in [1.54, 1.807) is 0 Å². The van der Waals surface area contributed by atoms with Crippen molar-refractivity contribution >= 4 is 0 Å². The van der Waals surface area contributed by atoms with Crippen LogP contribution in [-0.4, -0.2) is 13.2 Å².